The van der Waals surface area contributed by atoms with Gasteiger partial charge in [-0.25, -0.2) is 0 Å². The molecular weight excluding hydrogens is 468 g/mol. The van der Waals surface area contributed by atoms with Crippen LogP contribution in [0.25, 0.3) is 43.4 Å². The molecule has 0 nitrogen and oxygen atoms in total. The van der Waals surface area contributed by atoms with Gasteiger partial charge in [-0.1, -0.05) is 177 Å². The predicted octanol–water partition coefficient (Wildman–Crippen LogP) is 12.5. The van der Waals surface area contributed by atoms with E-state index in [2.05, 4.69) is 121 Å². The summed E-state index contributed by atoms with van der Waals surface area (Å²) in [5, 5.41) is 8.04. The zero-order chi connectivity index (χ0) is 28.6. The van der Waals surface area contributed by atoms with Gasteiger partial charge in [0.25, 0.3) is 0 Å². The van der Waals surface area contributed by atoms with Gasteiger partial charge in [-0.15, -0.1) is 0 Å². The fourth-order valence-corrected chi connectivity index (χ4v) is 4.94. The van der Waals surface area contributed by atoms with Crippen LogP contribution in [-0.4, -0.2) is 0 Å². The molecule has 6 aromatic rings. The second-order valence-electron chi connectivity index (χ2n) is 8.13. The van der Waals surface area contributed by atoms with Crippen LogP contribution in [0, 0.1) is 0 Å². The van der Waals surface area contributed by atoms with E-state index in [0.29, 0.717) is 0 Å². The third-order valence-electron chi connectivity index (χ3n) is 6.36. The summed E-state index contributed by atoms with van der Waals surface area (Å²) in [5.41, 5.74) is 5.75. The van der Waals surface area contributed by atoms with Crippen LogP contribution in [0.1, 0.15) is 66.5 Å². The van der Waals surface area contributed by atoms with Crippen LogP contribution in [0.2, 0.25) is 0 Å². The van der Waals surface area contributed by atoms with Crippen molar-refractivity contribution in [1.29, 1.82) is 0 Å². The summed E-state index contributed by atoms with van der Waals surface area (Å²) in [7, 11) is 0. The predicted molar refractivity (Wildman–Crippen MR) is 179 cm³/mol. The van der Waals surface area contributed by atoms with Gasteiger partial charge in [0.05, 0.1) is 0 Å². The molecule has 0 heteroatoms. The zero-order valence-corrected chi connectivity index (χ0v) is 25.3. The first-order valence-corrected chi connectivity index (χ1v) is 14.8. The van der Waals surface area contributed by atoms with Crippen LogP contribution in [-0.2, 0) is 6.42 Å². The minimum absolute atomic E-state index is 1.10. The van der Waals surface area contributed by atoms with Crippen molar-refractivity contribution in [2.24, 2.45) is 0 Å². The van der Waals surface area contributed by atoms with Crippen LogP contribution >= 0.6 is 0 Å². The van der Waals surface area contributed by atoms with Gasteiger partial charge in [-0.05, 0) is 61.0 Å². The molecule has 0 aromatic heterocycles. The van der Waals surface area contributed by atoms with E-state index < -0.39 is 0 Å². The van der Waals surface area contributed by atoms with Crippen LogP contribution in [0.5, 0.6) is 0 Å². The molecule has 0 unspecified atom stereocenters. The lowest BCUT2D eigenvalue weighted by atomic mass is 9.95. The lowest BCUT2D eigenvalue weighted by Gasteiger charge is -2.09. The maximum absolute atomic E-state index is 2.22. The van der Waals surface area contributed by atoms with E-state index in [1.165, 1.54) is 54.6 Å². The van der Waals surface area contributed by atoms with Crippen LogP contribution in [0.4, 0.5) is 0 Å². The van der Waals surface area contributed by atoms with Gasteiger partial charge < -0.3 is 0 Å². The van der Waals surface area contributed by atoms with E-state index in [-0.39, 0.29) is 0 Å². The highest BCUT2D eigenvalue weighted by atomic mass is 14.2. The molecule has 39 heavy (non-hydrogen) atoms. The van der Waals surface area contributed by atoms with Crippen LogP contribution in [0.3, 0.4) is 0 Å². The van der Waals surface area contributed by atoms with E-state index in [0.717, 1.165) is 6.42 Å². The Morgan fingerprint density at radius 3 is 0.744 bits per heavy atom. The van der Waals surface area contributed by atoms with Gasteiger partial charge in [0, 0.05) is 0 Å². The van der Waals surface area contributed by atoms with Gasteiger partial charge in [0.1, 0.15) is 0 Å². The summed E-state index contributed by atoms with van der Waals surface area (Å²) in [6.45, 7) is 16.0. The number of hydrogen-bond donors (Lipinski definition) is 0. The Balaban J connectivity index is 0.000000225. The van der Waals surface area contributed by atoms with E-state index in [4.69, 9.17) is 0 Å². The summed E-state index contributed by atoms with van der Waals surface area (Å²) >= 11 is 0. The van der Waals surface area contributed by atoms with Gasteiger partial charge in [0.15, 0.2) is 0 Å². The average molecular weight is 515 g/mol. The summed E-state index contributed by atoms with van der Waals surface area (Å²) in [6, 6.07) is 43.3. The highest BCUT2D eigenvalue weighted by molar-refractivity contribution is 6.25. The summed E-state index contributed by atoms with van der Waals surface area (Å²) < 4.78 is 0. The number of fused-ring (bicyclic) bond motifs is 9. The third-order valence-corrected chi connectivity index (χ3v) is 6.36. The normalized spacial score (nSPS) is 9.95. The molecule has 1 aliphatic carbocycles. The molecule has 202 valence electrons. The quantitative estimate of drug-likeness (QED) is 0.177. The molecule has 7 rings (SSSR count). The summed E-state index contributed by atoms with van der Waals surface area (Å²) in [6.07, 6.45) is 1.10. The molecule has 0 N–H and O–H groups in total. The Morgan fingerprint density at radius 2 is 0.487 bits per heavy atom. The fourth-order valence-electron chi connectivity index (χ4n) is 4.94. The number of hydrogen-bond acceptors (Lipinski definition) is 0. The van der Waals surface area contributed by atoms with E-state index in [1.807, 2.05) is 55.4 Å². The standard InChI is InChI=1S/C18H12.C13H10.4C2H6/c1-2-8-14-13(7-1)15-9-3-4-11-17(15)18-12-6-5-10-16(14)18;1-3-7-12-10(5-1)9-11-6-2-4-8-13(11)12;4*1-2/h1-12H;1-8H,9H2;4*1-2H3. The molecular formula is C39H46. The monoisotopic (exact) mass is 514 g/mol. The van der Waals surface area contributed by atoms with Crippen molar-refractivity contribution in [3.8, 4) is 11.1 Å². The fraction of sp³-hybridized carbons (Fsp3) is 0.231. The highest BCUT2D eigenvalue weighted by Crippen LogP contribution is 2.36. The van der Waals surface area contributed by atoms with Crippen LogP contribution < -0.4 is 0 Å². The second-order valence-corrected chi connectivity index (χ2v) is 8.13. The summed E-state index contributed by atoms with van der Waals surface area (Å²) in [4.78, 5) is 0. The molecule has 0 heterocycles. The number of rotatable bonds is 0. The smallest absolute Gasteiger partial charge is 0.00135 e. The zero-order valence-electron chi connectivity index (χ0n) is 25.3. The third kappa shape index (κ3) is 6.95. The Kier molecular flexibility index (Phi) is 13.5. The molecule has 0 amide bonds. The molecule has 0 bridgehead atoms. The van der Waals surface area contributed by atoms with E-state index in [1.54, 1.807) is 0 Å². The molecule has 0 saturated heterocycles. The van der Waals surface area contributed by atoms with Gasteiger partial charge >= 0.3 is 0 Å². The second kappa shape index (κ2) is 16.8. The van der Waals surface area contributed by atoms with Gasteiger partial charge in [-0.2, -0.15) is 0 Å². The minimum atomic E-state index is 1.10. The number of benzene rings is 6. The van der Waals surface area contributed by atoms with Gasteiger partial charge in [0.2, 0.25) is 0 Å². The molecule has 1 aliphatic rings. The Bertz CT molecular complexity index is 1290. The van der Waals surface area contributed by atoms with Crippen molar-refractivity contribution < 1.29 is 0 Å². The largest absolute Gasteiger partial charge is 0.0683 e. The van der Waals surface area contributed by atoms with Gasteiger partial charge in [-0.3, -0.25) is 0 Å². The lowest BCUT2D eigenvalue weighted by molar-refractivity contribution is 1.26. The molecule has 0 spiro atoms. The first-order chi connectivity index (χ1) is 19.4. The molecule has 0 aliphatic heterocycles. The topological polar surface area (TPSA) is 0 Å². The molecule has 0 fully saturated rings. The van der Waals surface area contributed by atoms with Crippen LogP contribution in [0.15, 0.2) is 121 Å². The van der Waals surface area contributed by atoms with Crippen molar-refractivity contribution in [2.45, 2.75) is 61.8 Å². The Hall–Kier alpha value is -3.90. The van der Waals surface area contributed by atoms with Crippen molar-refractivity contribution in [2.75, 3.05) is 0 Å². The first kappa shape index (κ1) is 31.3. The van der Waals surface area contributed by atoms with Crippen molar-refractivity contribution in [3.05, 3.63) is 132 Å². The Labute approximate surface area is 237 Å². The first-order valence-electron chi connectivity index (χ1n) is 14.8. The van der Waals surface area contributed by atoms with Crippen molar-refractivity contribution >= 4 is 32.3 Å². The maximum atomic E-state index is 2.22. The molecule has 0 saturated carbocycles. The molecule has 0 radical (unpaired) electrons. The van der Waals surface area contributed by atoms with E-state index >= 15 is 0 Å². The van der Waals surface area contributed by atoms with Crippen molar-refractivity contribution in [3.63, 3.8) is 0 Å². The van der Waals surface area contributed by atoms with Crippen molar-refractivity contribution in [1.82, 2.24) is 0 Å². The molecule has 6 aromatic carbocycles. The molecule has 0 atom stereocenters. The maximum Gasteiger partial charge on any atom is -0.00135 e. The average Bonchev–Trinajstić information content (AvgIpc) is 3.44. The SMILES string of the molecule is CC.CC.CC.CC.c1ccc2c(c1)Cc1ccccc1-2.c1ccc2c(c1)c1ccccc1c1ccccc21. The highest BCUT2D eigenvalue weighted by Gasteiger charge is 2.15. The summed E-state index contributed by atoms with van der Waals surface area (Å²) in [5.74, 6) is 0. The lowest BCUT2D eigenvalue weighted by Crippen LogP contribution is -1.81. The van der Waals surface area contributed by atoms with E-state index in [9.17, 15) is 0 Å². The Morgan fingerprint density at radius 1 is 0.282 bits per heavy atom. The minimum Gasteiger partial charge on any atom is -0.0683 e.